The van der Waals surface area contributed by atoms with Crippen LogP contribution in [0.25, 0.3) is 0 Å². The highest BCUT2D eigenvalue weighted by Gasteiger charge is 2.65. The van der Waals surface area contributed by atoms with Crippen LogP contribution in [0.1, 0.15) is 31.2 Å². The Labute approximate surface area is 138 Å². The normalized spacial score (nSPS) is 30.8. The number of hydrogen-bond acceptors (Lipinski definition) is 4. The summed E-state index contributed by atoms with van der Waals surface area (Å²) in [4.78, 5) is 34.4. The predicted molar refractivity (Wildman–Crippen MR) is 82.2 cm³/mol. The average Bonchev–Trinajstić information content (AvgIpc) is 2.46. The first-order valence-electron chi connectivity index (χ1n) is 7.79. The van der Waals surface area contributed by atoms with E-state index in [1.54, 1.807) is 12.1 Å². The first-order valence-corrected chi connectivity index (χ1v) is 7.79. The van der Waals surface area contributed by atoms with Gasteiger partial charge in [0.05, 0.1) is 5.92 Å². The maximum absolute atomic E-state index is 11.9. The van der Waals surface area contributed by atoms with Crippen LogP contribution in [0.4, 0.5) is 4.79 Å². The van der Waals surface area contributed by atoms with Crippen molar-refractivity contribution < 1.29 is 29.3 Å². The van der Waals surface area contributed by atoms with Crippen LogP contribution in [0.2, 0.25) is 0 Å². The molecule has 0 radical (unpaired) electrons. The van der Waals surface area contributed by atoms with Gasteiger partial charge in [-0.05, 0) is 36.7 Å². The lowest BCUT2D eigenvalue weighted by atomic mass is 9.45. The second kappa shape index (κ2) is 5.81. The van der Waals surface area contributed by atoms with Gasteiger partial charge < -0.3 is 20.3 Å². The van der Waals surface area contributed by atoms with Crippen LogP contribution < -0.4 is 5.32 Å². The third-order valence-corrected chi connectivity index (χ3v) is 5.03. The highest BCUT2D eigenvalue weighted by molar-refractivity contribution is 5.86. The summed E-state index contributed by atoms with van der Waals surface area (Å²) in [6, 6.07) is 9.10. The Bertz CT molecular complexity index is 657. The summed E-state index contributed by atoms with van der Waals surface area (Å²) in [6.07, 6.45) is 0.667. The van der Waals surface area contributed by atoms with Gasteiger partial charge in [-0.3, -0.25) is 4.79 Å². The molecule has 2 aliphatic rings. The minimum Gasteiger partial charge on any atom is -0.481 e. The molecule has 3 rings (SSSR count). The molecule has 0 unspecified atom stereocenters. The lowest BCUT2D eigenvalue weighted by molar-refractivity contribution is -0.174. The van der Waals surface area contributed by atoms with Gasteiger partial charge in [-0.25, -0.2) is 9.59 Å². The van der Waals surface area contributed by atoms with Gasteiger partial charge in [0, 0.05) is 0 Å². The molecule has 1 aromatic rings. The molecule has 0 aromatic heterocycles. The molecule has 7 nitrogen and oxygen atoms in total. The topological polar surface area (TPSA) is 113 Å². The molecular weight excluding hydrogens is 314 g/mol. The zero-order valence-corrected chi connectivity index (χ0v) is 13.0. The van der Waals surface area contributed by atoms with Gasteiger partial charge in [-0.2, -0.15) is 0 Å². The number of carboxylic acids is 2. The summed E-state index contributed by atoms with van der Waals surface area (Å²) in [6.45, 7) is 0.0641. The second-order valence-electron chi connectivity index (χ2n) is 6.87. The number of carbonyl (C=O) groups is 3. The predicted octanol–water partition coefficient (Wildman–Crippen LogP) is 2.01. The maximum Gasteiger partial charge on any atom is 0.408 e. The zero-order valence-electron chi connectivity index (χ0n) is 13.0. The van der Waals surface area contributed by atoms with E-state index >= 15 is 0 Å². The SMILES string of the molecule is O=C(NC1(C(=O)O)CC2(CC(C(=O)O)C2)C1)OCc1ccccc1. The van der Waals surface area contributed by atoms with Crippen LogP contribution in [0.3, 0.4) is 0 Å². The molecule has 24 heavy (non-hydrogen) atoms. The van der Waals surface area contributed by atoms with Crippen LogP contribution in [0, 0.1) is 11.3 Å². The highest BCUT2D eigenvalue weighted by Crippen LogP contribution is 2.62. The van der Waals surface area contributed by atoms with Gasteiger partial charge in [0.25, 0.3) is 0 Å². The fraction of sp³-hybridized carbons (Fsp3) is 0.471. The quantitative estimate of drug-likeness (QED) is 0.760. The monoisotopic (exact) mass is 333 g/mol. The first-order chi connectivity index (χ1) is 11.3. The van der Waals surface area contributed by atoms with E-state index in [0.717, 1.165) is 5.56 Å². The third kappa shape index (κ3) is 2.93. The minimum atomic E-state index is -1.35. The van der Waals surface area contributed by atoms with Crippen molar-refractivity contribution in [3.8, 4) is 0 Å². The number of rotatable bonds is 5. The molecule has 3 N–H and O–H groups in total. The summed E-state index contributed by atoms with van der Waals surface area (Å²) >= 11 is 0. The molecule has 0 bridgehead atoms. The lowest BCUT2D eigenvalue weighted by Gasteiger charge is -2.60. The number of carbonyl (C=O) groups excluding carboxylic acids is 1. The highest BCUT2D eigenvalue weighted by atomic mass is 16.5. The van der Waals surface area contributed by atoms with E-state index in [1.165, 1.54) is 0 Å². The van der Waals surface area contributed by atoms with E-state index in [1.807, 2.05) is 18.2 Å². The van der Waals surface area contributed by atoms with Crippen molar-refractivity contribution in [2.45, 2.75) is 37.8 Å². The molecule has 1 amide bonds. The Hall–Kier alpha value is -2.57. The first kappa shape index (κ1) is 16.3. The van der Waals surface area contributed by atoms with E-state index < -0.39 is 29.5 Å². The summed E-state index contributed by atoms with van der Waals surface area (Å²) in [5, 5.41) is 20.9. The number of nitrogens with one attached hydrogen (secondary N) is 1. The van der Waals surface area contributed by atoms with Crippen LogP contribution in [0.15, 0.2) is 30.3 Å². The van der Waals surface area contributed by atoms with Crippen LogP contribution >= 0.6 is 0 Å². The Kier molecular flexibility index (Phi) is 3.95. The summed E-state index contributed by atoms with van der Waals surface area (Å²) in [5.74, 6) is -2.35. The number of hydrogen-bond donors (Lipinski definition) is 3. The summed E-state index contributed by atoms with van der Waals surface area (Å²) < 4.78 is 5.08. The molecule has 2 aliphatic carbocycles. The molecule has 0 heterocycles. The van der Waals surface area contributed by atoms with Gasteiger partial charge in [-0.1, -0.05) is 30.3 Å². The van der Waals surface area contributed by atoms with Crippen molar-refractivity contribution in [3.05, 3.63) is 35.9 Å². The Morgan fingerprint density at radius 3 is 2.29 bits per heavy atom. The van der Waals surface area contributed by atoms with E-state index in [2.05, 4.69) is 5.32 Å². The third-order valence-electron chi connectivity index (χ3n) is 5.03. The second-order valence-corrected chi connectivity index (χ2v) is 6.87. The van der Waals surface area contributed by atoms with Crippen LogP contribution in [0.5, 0.6) is 0 Å². The van der Waals surface area contributed by atoms with Crippen molar-refractivity contribution in [2.24, 2.45) is 11.3 Å². The molecule has 7 heteroatoms. The largest absolute Gasteiger partial charge is 0.481 e. The van der Waals surface area contributed by atoms with E-state index in [-0.39, 0.29) is 24.9 Å². The molecule has 2 fully saturated rings. The molecule has 0 atom stereocenters. The molecule has 0 saturated heterocycles. The van der Waals surface area contributed by atoms with Gasteiger partial charge in [0.2, 0.25) is 0 Å². The van der Waals surface area contributed by atoms with Crippen molar-refractivity contribution in [1.82, 2.24) is 5.32 Å². The van der Waals surface area contributed by atoms with E-state index in [0.29, 0.717) is 12.8 Å². The van der Waals surface area contributed by atoms with Gasteiger partial charge in [0.1, 0.15) is 12.1 Å². The Balaban J connectivity index is 1.53. The van der Waals surface area contributed by atoms with Crippen LogP contribution in [-0.4, -0.2) is 33.8 Å². The molecular formula is C17H19NO6. The van der Waals surface area contributed by atoms with Crippen molar-refractivity contribution in [2.75, 3.05) is 0 Å². The fourth-order valence-corrected chi connectivity index (χ4v) is 3.93. The molecule has 1 aromatic carbocycles. The molecule has 0 aliphatic heterocycles. The number of aliphatic carboxylic acids is 2. The van der Waals surface area contributed by atoms with Crippen molar-refractivity contribution >= 4 is 18.0 Å². The average molecular weight is 333 g/mol. The summed E-state index contributed by atoms with van der Waals surface area (Å²) in [5.41, 5.74) is -0.809. The molecule has 2 saturated carbocycles. The number of alkyl carbamates (subject to hydrolysis) is 1. The van der Waals surface area contributed by atoms with Crippen LogP contribution in [-0.2, 0) is 20.9 Å². The maximum atomic E-state index is 11.9. The standard InChI is InChI=1S/C17H19NO6/c19-13(20)12-6-16(7-12)9-17(10-16,14(21)22)18-15(23)24-8-11-4-2-1-3-5-11/h1-5,12H,6-10H2,(H,18,23)(H,19,20)(H,21,22). The van der Waals surface area contributed by atoms with E-state index in [9.17, 15) is 19.5 Å². The lowest BCUT2D eigenvalue weighted by Crippen LogP contribution is -2.69. The molecule has 128 valence electrons. The Morgan fingerprint density at radius 1 is 1.12 bits per heavy atom. The zero-order chi connectivity index (χ0) is 17.4. The smallest absolute Gasteiger partial charge is 0.408 e. The van der Waals surface area contributed by atoms with Crippen molar-refractivity contribution in [1.29, 1.82) is 0 Å². The summed E-state index contributed by atoms with van der Waals surface area (Å²) in [7, 11) is 0. The van der Waals surface area contributed by atoms with Gasteiger partial charge in [-0.15, -0.1) is 0 Å². The number of amides is 1. The minimum absolute atomic E-state index is 0.0641. The number of carboxylic acid groups (broad SMARTS) is 2. The molecule has 1 spiro atoms. The fourth-order valence-electron chi connectivity index (χ4n) is 3.93. The number of benzene rings is 1. The van der Waals surface area contributed by atoms with E-state index in [4.69, 9.17) is 9.84 Å². The van der Waals surface area contributed by atoms with Crippen molar-refractivity contribution in [3.63, 3.8) is 0 Å². The van der Waals surface area contributed by atoms with Gasteiger partial charge >= 0.3 is 18.0 Å². The number of ether oxygens (including phenoxy) is 1. The van der Waals surface area contributed by atoms with Gasteiger partial charge in [0.15, 0.2) is 0 Å². The Morgan fingerprint density at radius 2 is 1.75 bits per heavy atom.